The number of fused-ring (bicyclic) bond motifs is 1. The number of carbonyl (C=O) groups excluding carboxylic acids is 1. The minimum absolute atomic E-state index is 0.0676. The summed E-state index contributed by atoms with van der Waals surface area (Å²) in [6.07, 6.45) is 0.738. The predicted octanol–water partition coefficient (Wildman–Crippen LogP) is 2.05. The molecule has 0 spiro atoms. The molecule has 2 aromatic rings. The van der Waals surface area contributed by atoms with Crippen LogP contribution < -0.4 is 0 Å². The van der Waals surface area contributed by atoms with Crippen LogP contribution in [0, 0.1) is 11.3 Å². The molecule has 20 heavy (non-hydrogen) atoms. The zero-order valence-electron chi connectivity index (χ0n) is 11.0. The van der Waals surface area contributed by atoms with Crippen LogP contribution in [0.15, 0.2) is 18.2 Å². The van der Waals surface area contributed by atoms with E-state index in [2.05, 4.69) is 11.1 Å². The lowest BCUT2D eigenvalue weighted by Gasteiger charge is -2.15. The fourth-order valence-corrected chi connectivity index (χ4v) is 2.89. The molecule has 1 aromatic carbocycles. The Bertz CT molecular complexity index is 731. The molecule has 0 saturated carbocycles. The van der Waals surface area contributed by atoms with E-state index >= 15 is 0 Å². The van der Waals surface area contributed by atoms with Crippen molar-refractivity contribution in [2.45, 2.75) is 18.3 Å². The number of alkyl halides is 1. The van der Waals surface area contributed by atoms with Crippen LogP contribution >= 0.6 is 11.6 Å². The molecule has 6 heteroatoms. The molecule has 0 aliphatic carbocycles. The Morgan fingerprint density at radius 1 is 1.55 bits per heavy atom. The van der Waals surface area contributed by atoms with Crippen molar-refractivity contribution in [3.05, 3.63) is 29.6 Å². The highest BCUT2D eigenvalue weighted by molar-refractivity contribution is 6.17. The van der Waals surface area contributed by atoms with Crippen LogP contribution in [0.2, 0.25) is 0 Å². The predicted molar refractivity (Wildman–Crippen MR) is 75.3 cm³/mol. The van der Waals surface area contributed by atoms with Gasteiger partial charge >= 0.3 is 0 Å². The second-order valence-corrected chi connectivity index (χ2v) is 5.18. The summed E-state index contributed by atoms with van der Waals surface area (Å²) in [4.78, 5) is 18.4. The van der Waals surface area contributed by atoms with Crippen LogP contribution in [0.4, 0.5) is 0 Å². The lowest BCUT2D eigenvalue weighted by molar-refractivity contribution is -0.129. The van der Waals surface area contributed by atoms with Gasteiger partial charge in [-0.1, -0.05) is 0 Å². The topological polar surface area (TPSA) is 61.9 Å². The summed E-state index contributed by atoms with van der Waals surface area (Å²) in [6, 6.07) is 7.13. The van der Waals surface area contributed by atoms with Crippen molar-refractivity contribution in [3.63, 3.8) is 0 Å². The van der Waals surface area contributed by atoms with Gasteiger partial charge in [0.25, 0.3) is 0 Å². The van der Waals surface area contributed by atoms with Crippen LogP contribution in [0.5, 0.6) is 0 Å². The third-order valence-electron chi connectivity index (χ3n) is 3.72. The van der Waals surface area contributed by atoms with Gasteiger partial charge in [0.15, 0.2) is 0 Å². The van der Waals surface area contributed by atoms with Crippen molar-refractivity contribution in [1.82, 2.24) is 14.5 Å². The van der Waals surface area contributed by atoms with Gasteiger partial charge in [-0.05, 0) is 24.6 Å². The zero-order chi connectivity index (χ0) is 14.3. The molecule has 3 rings (SSSR count). The summed E-state index contributed by atoms with van der Waals surface area (Å²) in [5.41, 5.74) is 2.12. The molecular weight excluding hydrogens is 276 g/mol. The maximum atomic E-state index is 12.2. The lowest BCUT2D eigenvalue weighted by Crippen LogP contribution is -2.25. The van der Waals surface area contributed by atoms with Gasteiger partial charge in [0.2, 0.25) is 5.91 Å². The number of benzene rings is 1. The quantitative estimate of drug-likeness (QED) is 0.795. The van der Waals surface area contributed by atoms with E-state index in [1.54, 1.807) is 30.1 Å². The number of imidazole rings is 1. The highest BCUT2D eigenvalue weighted by Crippen LogP contribution is 2.29. The summed E-state index contributed by atoms with van der Waals surface area (Å²) in [7, 11) is 1.79. The number of hydrogen-bond donors (Lipinski definition) is 0. The van der Waals surface area contributed by atoms with Gasteiger partial charge in [-0.3, -0.25) is 4.79 Å². The summed E-state index contributed by atoms with van der Waals surface area (Å²) in [5, 5.41) is 9.03. The number of likely N-dealkylation sites (N-methyl/N-ethyl adjacent to an activating group) is 1. The number of hydrogen-bond acceptors (Lipinski definition) is 3. The molecular formula is C14H13ClN4O. The average molecular weight is 289 g/mol. The van der Waals surface area contributed by atoms with Gasteiger partial charge in [0.1, 0.15) is 11.9 Å². The first-order chi connectivity index (χ1) is 9.65. The smallest absolute Gasteiger partial charge is 0.245 e. The molecule has 5 nitrogen and oxygen atoms in total. The van der Waals surface area contributed by atoms with Crippen LogP contribution in [0.25, 0.3) is 11.0 Å². The monoisotopic (exact) mass is 288 g/mol. The highest BCUT2D eigenvalue weighted by atomic mass is 35.5. The minimum atomic E-state index is -0.271. The minimum Gasteiger partial charge on any atom is -0.344 e. The third kappa shape index (κ3) is 1.84. The Hall–Kier alpha value is -2.06. The van der Waals surface area contributed by atoms with E-state index < -0.39 is 0 Å². The molecule has 1 unspecified atom stereocenters. The van der Waals surface area contributed by atoms with Gasteiger partial charge < -0.3 is 9.47 Å². The Morgan fingerprint density at radius 2 is 2.35 bits per heavy atom. The Kier molecular flexibility index (Phi) is 3.11. The molecule has 2 heterocycles. The summed E-state index contributed by atoms with van der Waals surface area (Å²) in [6.45, 7) is 0.725. The molecule has 1 amide bonds. The fourth-order valence-electron chi connectivity index (χ4n) is 2.70. The number of carbonyl (C=O) groups is 1. The standard InChI is InChI=1S/C14H13ClN4O/c1-18-5-4-11(14(18)20)19-12-6-9(8-16)2-3-10(12)17-13(19)7-15/h2-3,6,11H,4-5,7H2,1H3. The van der Waals surface area contributed by atoms with Gasteiger partial charge in [-0.25, -0.2) is 4.98 Å². The second-order valence-electron chi connectivity index (χ2n) is 4.91. The molecule has 0 bridgehead atoms. The average Bonchev–Trinajstić information content (AvgIpc) is 2.99. The number of nitrogens with zero attached hydrogens (tertiary/aromatic N) is 4. The first kappa shape index (κ1) is 12.9. The fraction of sp³-hybridized carbons (Fsp3) is 0.357. The maximum Gasteiger partial charge on any atom is 0.245 e. The summed E-state index contributed by atoms with van der Waals surface area (Å²) >= 11 is 5.97. The van der Waals surface area contributed by atoms with E-state index in [1.165, 1.54) is 0 Å². The SMILES string of the molecule is CN1CCC(n2c(CCl)nc3ccc(C#N)cc32)C1=O. The van der Waals surface area contributed by atoms with E-state index in [4.69, 9.17) is 16.9 Å². The Morgan fingerprint density at radius 3 is 2.95 bits per heavy atom. The molecule has 1 aliphatic heterocycles. The normalized spacial score (nSPS) is 18.8. The number of rotatable bonds is 2. The van der Waals surface area contributed by atoms with Crippen LogP contribution in [-0.4, -0.2) is 34.0 Å². The largest absolute Gasteiger partial charge is 0.344 e. The maximum absolute atomic E-state index is 12.2. The lowest BCUT2D eigenvalue weighted by atomic mass is 10.2. The number of likely N-dealkylation sites (tertiary alicyclic amines) is 1. The van der Waals surface area contributed by atoms with Gasteiger partial charge in [-0.2, -0.15) is 5.26 Å². The van der Waals surface area contributed by atoms with Crippen molar-refractivity contribution in [1.29, 1.82) is 5.26 Å². The molecule has 1 aliphatic rings. The molecule has 0 radical (unpaired) electrons. The van der Waals surface area contributed by atoms with Crippen LogP contribution in [-0.2, 0) is 10.7 Å². The highest BCUT2D eigenvalue weighted by Gasteiger charge is 2.33. The third-order valence-corrected chi connectivity index (χ3v) is 3.96. The van der Waals surface area contributed by atoms with Crippen molar-refractivity contribution in [2.24, 2.45) is 0 Å². The second kappa shape index (κ2) is 4.80. The van der Waals surface area contributed by atoms with Crippen molar-refractivity contribution >= 4 is 28.5 Å². The van der Waals surface area contributed by atoms with E-state index in [-0.39, 0.29) is 17.8 Å². The molecule has 0 N–H and O–H groups in total. The van der Waals surface area contributed by atoms with E-state index in [1.807, 2.05) is 4.57 Å². The van der Waals surface area contributed by atoms with E-state index in [9.17, 15) is 4.79 Å². The van der Waals surface area contributed by atoms with E-state index in [0.29, 0.717) is 11.4 Å². The van der Waals surface area contributed by atoms with E-state index in [0.717, 1.165) is 24.0 Å². The molecule has 1 fully saturated rings. The molecule has 1 aromatic heterocycles. The zero-order valence-corrected chi connectivity index (χ0v) is 11.8. The summed E-state index contributed by atoms with van der Waals surface area (Å²) < 4.78 is 1.88. The number of amides is 1. The Balaban J connectivity index is 2.22. The number of halogens is 1. The first-order valence-corrected chi connectivity index (χ1v) is 6.91. The first-order valence-electron chi connectivity index (χ1n) is 6.37. The molecule has 1 saturated heterocycles. The molecule has 102 valence electrons. The molecule has 1 atom stereocenters. The van der Waals surface area contributed by atoms with Gasteiger partial charge in [0, 0.05) is 13.6 Å². The van der Waals surface area contributed by atoms with Crippen molar-refractivity contribution < 1.29 is 4.79 Å². The van der Waals surface area contributed by atoms with Gasteiger partial charge in [0.05, 0.1) is 28.5 Å². The Labute approximate surface area is 121 Å². The van der Waals surface area contributed by atoms with Gasteiger partial charge in [-0.15, -0.1) is 11.6 Å². The van der Waals surface area contributed by atoms with Crippen molar-refractivity contribution in [2.75, 3.05) is 13.6 Å². The number of nitriles is 1. The van der Waals surface area contributed by atoms with Crippen molar-refractivity contribution in [3.8, 4) is 6.07 Å². The van der Waals surface area contributed by atoms with Crippen LogP contribution in [0.3, 0.4) is 0 Å². The summed E-state index contributed by atoms with van der Waals surface area (Å²) in [5.74, 6) is 0.979. The number of aromatic nitrogens is 2. The van der Waals surface area contributed by atoms with Crippen LogP contribution in [0.1, 0.15) is 23.9 Å².